The molecule has 0 unspecified atom stereocenters. The first-order chi connectivity index (χ1) is 14.2. The SMILES string of the molecule is COc1ccccc1CCNC(=O)c1ccc(C(=O)NCc2cccnc2)cc1. The number of carbonyl (C=O) groups is 2. The molecular formula is C23H23N3O3. The molecule has 0 aliphatic heterocycles. The summed E-state index contributed by atoms with van der Waals surface area (Å²) >= 11 is 0. The predicted molar refractivity (Wildman–Crippen MR) is 111 cm³/mol. The molecule has 0 atom stereocenters. The van der Waals surface area contributed by atoms with Crippen molar-refractivity contribution in [1.29, 1.82) is 0 Å². The molecule has 2 N–H and O–H groups in total. The Bertz CT molecular complexity index is 957. The third kappa shape index (κ3) is 5.65. The first-order valence-electron chi connectivity index (χ1n) is 9.34. The Morgan fingerprint density at radius 3 is 2.24 bits per heavy atom. The van der Waals surface area contributed by atoms with E-state index >= 15 is 0 Å². The molecule has 3 aromatic rings. The number of benzene rings is 2. The van der Waals surface area contributed by atoms with Crippen LogP contribution in [0.15, 0.2) is 73.1 Å². The molecule has 0 aliphatic carbocycles. The molecule has 0 radical (unpaired) electrons. The van der Waals surface area contributed by atoms with Gasteiger partial charge in [-0.05, 0) is 53.9 Å². The zero-order valence-electron chi connectivity index (χ0n) is 16.2. The van der Waals surface area contributed by atoms with Gasteiger partial charge < -0.3 is 15.4 Å². The van der Waals surface area contributed by atoms with Crippen LogP contribution in [0.3, 0.4) is 0 Å². The highest BCUT2D eigenvalue weighted by Gasteiger charge is 2.09. The Balaban J connectivity index is 1.50. The van der Waals surface area contributed by atoms with E-state index in [4.69, 9.17) is 4.74 Å². The number of nitrogens with one attached hydrogen (secondary N) is 2. The van der Waals surface area contributed by atoms with Gasteiger partial charge >= 0.3 is 0 Å². The normalized spacial score (nSPS) is 10.2. The third-order valence-corrected chi connectivity index (χ3v) is 4.46. The second-order valence-corrected chi connectivity index (χ2v) is 6.44. The van der Waals surface area contributed by atoms with E-state index in [9.17, 15) is 9.59 Å². The summed E-state index contributed by atoms with van der Waals surface area (Å²) in [5.41, 5.74) is 2.97. The number of aromatic nitrogens is 1. The van der Waals surface area contributed by atoms with Gasteiger partial charge in [-0.15, -0.1) is 0 Å². The minimum absolute atomic E-state index is 0.179. The molecule has 1 heterocycles. The highest BCUT2D eigenvalue weighted by Crippen LogP contribution is 2.17. The Hall–Kier alpha value is -3.67. The summed E-state index contributed by atoms with van der Waals surface area (Å²) in [5.74, 6) is 0.433. The number of hydrogen-bond donors (Lipinski definition) is 2. The van der Waals surface area contributed by atoms with Crippen LogP contribution in [0, 0.1) is 0 Å². The van der Waals surface area contributed by atoms with Gasteiger partial charge in [0.15, 0.2) is 0 Å². The van der Waals surface area contributed by atoms with E-state index in [1.807, 2.05) is 36.4 Å². The second-order valence-electron chi connectivity index (χ2n) is 6.44. The molecular weight excluding hydrogens is 366 g/mol. The summed E-state index contributed by atoms with van der Waals surface area (Å²) in [6.45, 7) is 0.893. The summed E-state index contributed by atoms with van der Waals surface area (Å²) in [6.07, 6.45) is 4.06. The van der Waals surface area contributed by atoms with Crippen molar-refractivity contribution in [2.24, 2.45) is 0 Å². The topological polar surface area (TPSA) is 80.3 Å². The van der Waals surface area contributed by atoms with Crippen molar-refractivity contribution in [3.8, 4) is 5.75 Å². The molecule has 2 aromatic carbocycles. The Kier molecular flexibility index (Phi) is 6.95. The van der Waals surface area contributed by atoms with Crippen LogP contribution >= 0.6 is 0 Å². The molecule has 3 rings (SSSR count). The van der Waals surface area contributed by atoms with Crippen molar-refractivity contribution in [3.05, 3.63) is 95.3 Å². The van der Waals surface area contributed by atoms with Gasteiger partial charge in [-0.1, -0.05) is 24.3 Å². The molecule has 0 saturated carbocycles. The number of rotatable bonds is 8. The summed E-state index contributed by atoms with van der Waals surface area (Å²) in [4.78, 5) is 28.6. The summed E-state index contributed by atoms with van der Waals surface area (Å²) < 4.78 is 5.32. The second kappa shape index (κ2) is 10.0. The van der Waals surface area contributed by atoms with E-state index in [-0.39, 0.29) is 11.8 Å². The fourth-order valence-corrected chi connectivity index (χ4v) is 2.88. The molecule has 1 aromatic heterocycles. The van der Waals surface area contributed by atoms with Crippen LogP contribution in [0.5, 0.6) is 5.75 Å². The fourth-order valence-electron chi connectivity index (χ4n) is 2.88. The smallest absolute Gasteiger partial charge is 0.251 e. The molecule has 2 amide bonds. The molecule has 0 bridgehead atoms. The number of hydrogen-bond acceptors (Lipinski definition) is 4. The van der Waals surface area contributed by atoms with Gasteiger partial charge in [0.1, 0.15) is 5.75 Å². The zero-order chi connectivity index (χ0) is 20.5. The van der Waals surface area contributed by atoms with Gasteiger partial charge in [0.05, 0.1) is 7.11 Å². The lowest BCUT2D eigenvalue weighted by atomic mass is 10.1. The largest absolute Gasteiger partial charge is 0.496 e. The van der Waals surface area contributed by atoms with Crippen molar-refractivity contribution in [2.45, 2.75) is 13.0 Å². The summed E-state index contributed by atoms with van der Waals surface area (Å²) in [7, 11) is 1.63. The Morgan fingerprint density at radius 2 is 1.59 bits per heavy atom. The van der Waals surface area contributed by atoms with Crippen molar-refractivity contribution in [2.75, 3.05) is 13.7 Å². The van der Waals surface area contributed by atoms with E-state index in [0.717, 1.165) is 16.9 Å². The van der Waals surface area contributed by atoms with Crippen LogP contribution in [0.25, 0.3) is 0 Å². The number of para-hydroxylation sites is 1. The van der Waals surface area contributed by atoms with Crippen LogP contribution in [-0.4, -0.2) is 30.5 Å². The van der Waals surface area contributed by atoms with Gasteiger partial charge in [-0.3, -0.25) is 14.6 Å². The number of pyridine rings is 1. The first kappa shape index (κ1) is 20.1. The van der Waals surface area contributed by atoms with E-state index in [0.29, 0.717) is 30.6 Å². The maximum Gasteiger partial charge on any atom is 0.251 e. The molecule has 6 nitrogen and oxygen atoms in total. The number of ether oxygens (including phenoxy) is 1. The number of methoxy groups -OCH3 is 1. The average molecular weight is 389 g/mol. The van der Waals surface area contributed by atoms with E-state index in [1.54, 1.807) is 43.8 Å². The van der Waals surface area contributed by atoms with Crippen LogP contribution in [-0.2, 0) is 13.0 Å². The van der Waals surface area contributed by atoms with Crippen LogP contribution in [0.1, 0.15) is 31.8 Å². The third-order valence-electron chi connectivity index (χ3n) is 4.46. The van der Waals surface area contributed by atoms with Crippen molar-refractivity contribution in [1.82, 2.24) is 15.6 Å². The standard InChI is InChI=1S/C23H23N3O3/c1-29-21-7-3-2-6-18(21)12-14-25-22(27)19-8-10-20(11-9-19)23(28)26-16-17-5-4-13-24-15-17/h2-11,13,15H,12,14,16H2,1H3,(H,25,27)(H,26,28). The molecule has 29 heavy (non-hydrogen) atoms. The molecule has 0 aliphatic rings. The number of nitrogens with zero attached hydrogens (tertiary/aromatic N) is 1. The summed E-state index contributed by atoms with van der Waals surface area (Å²) in [5, 5.41) is 5.73. The molecule has 0 spiro atoms. The average Bonchev–Trinajstić information content (AvgIpc) is 2.78. The van der Waals surface area contributed by atoms with Gasteiger partial charge in [-0.25, -0.2) is 0 Å². The Morgan fingerprint density at radius 1 is 0.897 bits per heavy atom. The molecule has 148 valence electrons. The fraction of sp³-hybridized carbons (Fsp3) is 0.174. The minimum Gasteiger partial charge on any atom is -0.496 e. The van der Waals surface area contributed by atoms with Gasteiger partial charge in [0.25, 0.3) is 11.8 Å². The highest BCUT2D eigenvalue weighted by molar-refractivity contribution is 5.97. The molecule has 6 heteroatoms. The number of amides is 2. The van der Waals surface area contributed by atoms with Crippen molar-refractivity contribution in [3.63, 3.8) is 0 Å². The van der Waals surface area contributed by atoms with Gasteiger partial charge in [-0.2, -0.15) is 0 Å². The lowest BCUT2D eigenvalue weighted by Gasteiger charge is -2.09. The van der Waals surface area contributed by atoms with Crippen LogP contribution in [0.2, 0.25) is 0 Å². The molecule has 0 fully saturated rings. The minimum atomic E-state index is -0.197. The van der Waals surface area contributed by atoms with Crippen molar-refractivity contribution >= 4 is 11.8 Å². The maximum absolute atomic E-state index is 12.3. The Labute approximate surface area is 169 Å². The predicted octanol–water partition coefficient (Wildman–Crippen LogP) is 2.99. The first-order valence-corrected chi connectivity index (χ1v) is 9.34. The van der Waals surface area contributed by atoms with Gasteiger partial charge in [0.2, 0.25) is 0 Å². The van der Waals surface area contributed by atoms with E-state index in [2.05, 4.69) is 15.6 Å². The van der Waals surface area contributed by atoms with E-state index in [1.165, 1.54) is 0 Å². The van der Waals surface area contributed by atoms with Crippen LogP contribution < -0.4 is 15.4 Å². The number of carbonyl (C=O) groups excluding carboxylic acids is 2. The quantitative estimate of drug-likeness (QED) is 0.621. The zero-order valence-corrected chi connectivity index (χ0v) is 16.2. The summed E-state index contributed by atoms with van der Waals surface area (Å²) in [6, 6.07) is 18.0. The van der Waals surface area contributed by atoms with E-state index < -0.39 is 0 Å². The molecule has 0 saturated heterocycles. The lowest BCUT2D eigenvalue weighted by molar-refractivity contribution is 0.0940. The maximum atomic E-state index is 12.3. The van der Waals surface area contributed by atoms with Crippen molar-refractivity contribution < 1.29 is 14.3 Å². The monoisotopic (exact) mass is 389 g/mol. The van der Waals surface area contributed by atoms with Gasteiger partial charge in [0, 0.05) is 36.6 Å². The lowest BCUT2D eigenvalue weighted by Crippen LogP contribution is -2.26. The van der Waals surface area contributed by atoms with Crippen LogP contribution in [0.4, 0.5) is 0 Å². The highest BCUT2D eigenvalue weighted by atomic mass is 16.5.